The molecule has 0 fully saturated rings. The topological polar surface area (TPSA) is 24.1 Å². The van der Waals surface area contributed by atoms with Crippen molar-refractivity contribution in [3.05, 3.63) is 67.0 Å². The first kappa shape index (κ1) is 11.1. The van der Waals surface area contributed by atoms with Gasteiger partial charge in [0, 0.05) is 18.4 Å². The molecule has 0 bridgehead atoms. The number of nitrogens with one attached hydrogen (secondary N) is 2. The molecule has 2 N–H and O–H groups in total. The molecule has 0 radical (unpaired) electrons. The lowest BCUT2D eigenvalue weighted by Gasteiger charge is -2.04. The Kier molecular flexibility index (Phi) is 4.81. The molecular weight excluding hydrogens is 184 g/mol. The van der Waals surface area contributed by atoms with E-state index < -0.39 is 0 Å². The number of anilines is 1. The number of para-hydroxylation sites is 1. The highest BCUT2D eigenvalue weighted by atomic mass is 14.9. The maximum absolute atomic E-state index is 3.90. The van der Waals surface area contributed by atoms with E-state index in [1.807, 2.05) is 61.8 Å². The molecule has 1 aromatic rings. The van der Waals surface area contributed by atoms with Crippen molar-refractivity contribution in [1.82, 2.24) is 5.32 Å². The van der Waals surface area contributed by atoms with Gasteiger partial charge in [-0.2, -0.15) is 0 Å². The summed E-state index contributed by atoms with van der Waals surface area (Å²) in [7, 11) is 1.86. The summed E-state index contributed by atoms with van der Waals surface area (Å²) in [4.78, 5) is 0. The summed E-state index contributed by atoms with van der Waals surface area (Å²) in [6.07, 6.45) is 7.61. The maximum atomic E-state index is 3.90. The predicted molar refractivity (Wildman–Crippen MR) is 66.5 cm³/mol. The van der Waals surface area contributed by atoms with Crippen LogP contribution in [0.5, 0.6) is 0 Å². The van der Waals surface area contributed by atoms with E-state index in [0.717, 1.165) is 11.4 Å². The number of hydrogen-bond acceptors (Lipinski definition) is 2. The van der Waals surface area contributed by atoms with Crippen molar-refractivity contribution in [2.45, 2.75) is 0 Å². The summed E-state index contributed by atoms with van der Waals surface area (Å²) in [5.41, 5.74) is 1.91. The van der Waals surface area contributed by atoms with Gasteiger partial charge in [0.25, 0.3) is 0 Å². The summed E-state index contributed by atoms with van der Waals surface area (Å²) < 4.78 is 0. The Labute approximate surface area is 91.0 Å². The van der Waals surface area contributed by atoms with Gasteiger partial charge in [0.1, 0.15) is 0 Å². The number of rotatable bonds is 5. The second kappa shape index (κ2) is 6.49. The quantitative estimate of drug-likeness (QED) is 0.714. The van der Waals surface area contributed by atoms with Crippen LogP contribution in [0.15, 0.2) is 67.0 Å². The Morgan fingerprint density at radius 3 is 2.60 bits per heavy atom. The van der Waals surface area contributed by atoms with Gasteiger partial charge in [0.2, 0.25) is 0 Å². The zero-order chi connectivity index (χ0) is 10.9. The lowest BCUT2D eigenvalue weighted by Crippen LogP contribution is -1.94. The number of hydrogen-bond donors (Lipinski definition) is 2. The van der Waals surface area contributed by atoms with Gasteiger partial charge in [0.05, 0.1) is 0 Å². The highest BCUT2D eigenvalue weighted by Crippen LogP contribution is 2.08. The molecule has 1 rings (SSSR count). The lowest BCUT2D eigenvalue weighted by molar-refractivity contribution is 1.10. The van der Waals surface area contributed by atoms with Crippen molar-refractivity contribution in [2.75, 3.05) is 12.4 Å². The average Bonchev–Trinajstić information content (AvgIpc) is 2.26. The zero-order valence-corrected chi connectivity index (χ0v) is 8.90. The van der Waals surface area contributed by atoms with E-state index in [9.17, 15) is 0 Å². The summed E-state index contributed by atoms with van der Waals surface area (Å²) in [6, 6.07) is 9.96. The van der Waals surface area contributed by atoms with Crippen LogP contribution in [0, 0.1) is 0 Å². The molecule has 0 aliphatic carbocycles. The van der Waals surface area contributed by atoms with E-state index in [4.69, 9.17) is 0 Å². The van der Waals surface area contributed by atoms with Crippen LogP contribution in [0.1, 0.15) is 0 Å². The van der Waals surface area contributed by atoms with Crippen molar-refractivity contribution < 1.29 is 0 Å². The van der Waals surface area contributed by atoms with Crippen LogP contribution in [-0.2, 0) is 0 Å². The van der Waals surface area contributed by atoms with Gasteiger partial charge in [-0.15, -0.1) is 0 Å². The molecular formula is C13H16N2. The van der Waals surface area contributed by atoms with E-state index in [1.165, 1.54) is 0 Å². The fourth-order valence-electron chi connectivity index (χ4n) is 1.07. The molecule has 15 heavy (non-hydrogen) atoms. The molecule has 2 nitrogen and oxygen atoms in total. The van der Waals surface area contributed by atoms with E-state index in [0.29, 0.717) is 0 Å². The molecule has 78 valence electrons. The normalized spacial score (nSPS) is 10.7. The van der Waals surface area contributed by atoms with E-state index >= 15 is 0 Å². The Morgan fingerprint density at radius 2 is 1.93 bits per heavy atom. The van der Waals surface area contributed by atoms with Gasteiger partial charge >= 0.3 is 0 Å². The minimum absolute atomic E-state index is 0.863. The largest absolute Gasteiger partial charge is 0.394 e. The molecule has 0 saturated heterocycles. The highest BCUT2D eigenvalue weighted by Gasteiger charge is 1.88. The first-order chi connectivity index (χ1) is 7.33. The van der Waals surface area contributed by atoms with Crippen molar-refractivity contribution in [1.29, 1.82) is 0 Å². The number of benzene rings is 1. The zero-order valence-electron chi connectivity index (χ0n) is 8.90. The highest BCUT2D eigenvalue weighted by molar-refractivity contribution is 5.49. The maximum Gasteiger partial charge on any atom is 0.0384 e. The Morgan fingerprint density at radius 1 is 1.20 bits per heavy atom. The summed E-state index contributed by atoms with van der Waals surface area (Å²) >= 11 is 0. The molecule has 0 aliphatic heterocycles. The van der Waals surface area contributed by atoms with E-state index in [2.05, 4.69) is 17.2 Å². The average molecular weight is 200 g/mol. The molecule has 0 amide bonds. The summed E-state index contributed by atoms with van der Waals surface area (Å²) in [5.74, 6) is 0. The second-order valence-electron chi connectivity index (χ2n) is 3.02. The fourth-order valence-corrected chi connectivity index (χ4v) is 1.07. The Bertz CT molecular complexity index is 350. The molecule has 0 aliphatic rings. The smallest absolute Gasteiger partial charge is 0.0384 e. The lowest BCUT2D eigenvalue weighted by atomic mass is 10.3. The van der Waals surface area contributed by atoms with Crippen molar-refractivity contribution in [3.63, 3.8) is 0 Å². The number of allylic oxidation sites excluding steroid dienone is 3. The molecule has 0 saturated carbocycles. The van der Waals surface area contributed by atoms with Crippen LogP contribution < -0.4 is 10.6 Å². The van der Waals surface area contributed by atoms with Crippen molar-refractivity contribution in [3.8, 4) is 0 Å². The van der Waals surface area contributed by atoms with Gasteiger partial charge in [-0.1, -0.05) is 30.9 Å². The second-order valence-corrected chi connectivity index (χ2v) is 3.02. The van der Waals surface area contributed by atoms with Gasteiger partial charge in [-0.25, -0.2) is 0 Å². The third-order valence-electron chi connectivity index (χ3n) is 1.75. The van der Waals surface area contributed by atoms with Gasteiger partial charge < -0.3 is 10.6 Å². The minimum Gasteiger partial charge on any atom is -0.394 e. The van der Waals surface area contributed by atoms with Crippen LogP contribution >= 0.6 is 0 Å². The van der Waals surface area contributed by atoms with Gasteiger partial charge in [0.15, 0.2) is 0 Å². The predicted octanol–water partition coefficient (Wildman–Crippen LogP) is 2.90. The third-order valence-corrected chi connectivity index (χ3v) is 1.75. The Balaban J connectivity index is 2.43. The summed E-state index contributed by atoms with van der Waals surface area (Å²) in [5, 5.41) is 6.09. The monoisotopic (exact) mass is 200 g/mol. The molecule has 0 aromatic heterocycles. The standard InChI is InChI=1S/C13H16N2/c1-12(8-6-7-11-14-2)15-13-9-4-3-5-10-13/h3-11,14-15H,1H2,2H3. The van der Waals surface area contributed by atoms with Crippen LogP contribution in [0.25, 0.3) is 0 Å². The molecule has 0 unspecified atom stereocenters. The first-order valence-electron chi connectivity index (χ1n) is 4.84. The molecule has 2 heteroatoms. The van der Waals surface area contributed by atoms with Crippen molar-refractivity contribution in [2.24, 2.45) is 0 Å². The van der Waals surface area contributed by atoms with Crippen LogP contribution in [0.3, 0.4) is 0 Å². The van der Waals surface area contributed by atoms with E-state index in [-0.39, 0.29) is 0 Å². The summed E-state index contributed by atoms with van der Waals surface area (Å²) in [6.45, 7) is 3.90. The fraction of sp³-hybridized carbons (Fsp3) is 0.0769. The van der Waals surface area contributed by atoms with Crippen LogP contribution in [-0.4, -0.2) is 7.05 Å². The first-order valence-corrected chi connectivity index (χ1v) is 4.84. The minimum atomic E-state index is 0.863. The van der Waals surface area contributed by atoms with Crippen LogP contribution in [0.2, 0.25) is 0 Å². The molecule has 0 heterocycles. The van der Waals surface area contributed by atoms with Gasteiger partial charge in [-0.3, -0.25) is 0 Å². The van der Waals surface area contributed by atoms with Gasteiger partial charge in [-0.05, 0) is 30.5 Å². The van der Waals surface area contributed by atoms with E-state index in [1.54, 1.807) is 0 Å². The molecule has 0 atom stereocenters. The molecule has 0 spiro atoms. The Hall–Kier alpha value is -1.96. The van der Waals surface area contributed by atoms with Crippen molar-refractivity contribution >= 4 is 5.69 Å². The molecule has 1 aromatic carbocycles. The SMILES string of the molecule is C=C(C=CC=CNC)Nc1ccccc1. The third kappa shape index (κ3) is 4.72. The van der Waals surface area contributed by atoms with Crippen LogP contribution in [0.4, 0.5) is 5.69 Å².